The van der Waals surface area contributed by atoms with E-state index in [0.29, 0.717) is 31.9 Å². The lowest BCUT2D eigenvalue weighted by molar-refractivity contribution is 0.180. The monoisotopic (exact) mass is 542 g/mol. The van der Waals surface area contributed by atoms with Gasteiger partial charge in [0.2, 0.25) is 0 Å². The number of aliphatic hydroxyl groups is 1. The number of likely N-dealkylation sites (tertiary alicyclic amines) is 1. The van der Waals surface area contributed by atoms with Gasteiger partial charge in [0.05, 0.1) is 12.5 Å². The molecule has 1 unspecified atom stereocenters. The van der Waals surface area contributed by atoms with Gasteiger partial charge in [-0.1, -0.05) is 43.0 Å². The number of hydrogen-bond acceptors (Lipinski definition) is 10. The van der Waals surface area contributed by atoms with Crippen LogP contribution in [0.5, 0.6) is 6.01 Å². The Balaban J connectivity index is 1.49. The van der Waals surface area contributed by atoms with Gasteiger partial charge >= 0.3 is 6.01 Å². The van der Waals surface area contributed by atoms with Crippen LogP contribution in [0.2, 0.25) is 0 Å². The van der Waals surface area contributed by atoms with Gasteiger partial charge < -0.3 is 30.7 Å². The number of aromatic nitrogens is 2. The van der Waals surface area contributed by atoms with Crippen molar-refractivity contribution in [3.05, 3.63) is 54.2 Å². The Bertz CT molecular complexity index is 1400. The molecule has 1 aromatic heterocycles. The summed E-state index contributed by atoms with van der Waals surface area (Å²) < 4.78 is 6.13. The molecule has 3 aromatic rings. The third kappa shape index (κ3) is 5.68. The van der Waals surface area contributed by atoms with Gasteiger partial charge in [-0.25, -0.2) is 0 Å². The molecule has 2 aliphatic heterocycles. The number of nitrogen functional groups attached to an aromatic ring is 1. The van der Waals surface area contributed by atoms with E-state index in [0.717, 1.165) is 48.0 Å². The van der Waals surface area contributed by atoms with Crippen molar-refractivity contribution in [1.82, 2.24) is 19.8 Å². The third-order valence-corrected chi connectivity index (χ3v) is 8.12. The number of nitrogens with one attached hydrogen (secondary N) is 1. The predicted octanol–water partition coefficient (Wildman–Crippen LogP) is 3.47. The number of nitrogens with zero attached hydrogens (tertiary/aromatic N) is 6. The van der Waals surface area contributed by atoms with Gasteiger partial charge in [-0.15, -0.1) is 0 Å². The minimum absolute atomic E-state index is 0.0455. The van der Waals surface area contributed by atoms with Gasteiger partial charge in [0.1, 0.15) is 18.0 Å². The lowest BCUT2D eigenvalue weighted by Crippen LogP contribution is -2.51. The number of benzene rings is 2. The highest BCUT2D eigenvalue weighted by atomic mass is 16.5. The van der Waals surface area contributed by atoms with Gasteiger partial charge in [-0.05, 0) is 50.5 Å². The number of nitriles is 1. The van der Waals surface area contributed by atoms with Crippen LogP contribution in [0.1, 0.15) is 36.7 Å². The number of ether oxygens (including phenoxy) is 1. The Kier molecular flexibility index (Phi) is 8.35. The van der Waals surface area contributed by atoms with E-state index >= 15 is 0 Å². The van der Waals surface area contributed by atoms with Crippen LogP contribution in [0.25, 0.3) is 16.8 Å². The maximum absolute atomic E-state index is 11.5. The quantitative estimate of drug-likeness (QED) is 0.346. The molecule has 0 amide bonds. The van der Waals surface area contributed by atoms with Crippen LogP contribution in [0, 0.1) is 11.3 Å². The molecule has 10 heteroatoms. The second-order valence-corrected chi connectivity index (χ2v) is 10.7. The summed E-state index contributed by atoms with van der Waals surface area (Å²) in [6, 6.07) is 14.7. The molecule has 3 atom stereocenters. The average molecular weight is 543 g/mol. The van der Waals surface area contributed by atoms with E-state index < -0.39 is 6.23 Å². The fourth-order valence-electron chi connectivity index (χ4n) is 5.67. The molecule has 0 saturated carbocycles. The largest absolute Gasteiger partial charge is 0.462 e. The van der Waals surface area contributed by atoms with Crippen molar-refractivity contribution in [2.45, 2.75) is 37.6 Å². The molecule has 5 rings (SSSR count). The van der Waals surface area contributed by atoms with E-state index in [-0.39, 0.29) is 29.5 Å². The number of aliphatic hydroxyl groups excluding tert-OH is 1. The molecule has 210 valence electrons. The summed E-state index contributed by atoms with van der Waals surface area (Å²) in [5.74, 6) is 0.515. The summed E-state index contributed by atoms with van der Waals surface area (Å²) in [6.07, 6.45) is 3.17. The normalized spacial score (nSPS) is 20.8. The Morgan fingerprint density at radius 1 is 1.18 bits per heavy atom. The highest BCUT2D eigenvalue weighted by Crippen LogP contribution is 2.35. The van der Waals surface area contributed by atoms with Crippen molar-refractivity contribution in [2.75, 3.05) is 62.8 Å². The lowest BCUT2D eigenvalue weighted by atomic mass is 10.0. The minimum atomic E-state index is -1.22. The molecule has 10 nitrogen and oxygen atoms in total. The van der Waals surface area contributed by atoms with Gasteiger partial charge in [0, 0.05) is 42.8 Å². The number of fused-ring (bicyclic) bond motifs is 1. The van der Waals surface area contributed by atoms with Crippen molar-refractivity contribution in [1.29, 1.82) is 5.26 Å². The molecule has 3 heterocycles. The highest BCUT2D eigenvalue weighted by molar-refractivity contribution is 6.00. The molecule has 2 saturated heterocycles. The summed E-state index contributed by atoms with van der Waals surface area (Å²) in [4.78, 5) is 15.9. The van der Waals surface area contributed by atoms with E-state index in [4.69, 9.17) is 15.5 Å². The van der Waals surface area contributed by atoms with Crippen molar-refractivity contribution in [2.24, 2.45) is 0 Å². The van der Waals surface area contributed by atoms with Gasteiger partial charge in [0.15, 0.2) is 12.0 Å². The number of hydrogen-bond donors (Lipinski definition) is 3. The van der Waals surface area contributed by atoms with Crippen LogP contribution in [0.4, 0.5) is 17.2 Å². The molecule has 2 aromatic carbocycles. The zero-order valence-corrected chi connectivity index (χ0v) is 23.3. The maximum Gasteiger partial charge on any atom is 0.318 e. The first-order valence-electron chi connectivity index (χ1n) is 13.8. The number of anilines is 3. The number of rotatable bonds is 9. The highest BCUT2D eigenvalue weighted by Gasteiger charge is 2.30. The Morgan fingerprint density at radius 2 is 1.95 bits per heavy atom. The molecule has 40 heavy (non-hydrogen) atoms. The van der Waals surface area contributed by atoms with Crippen molar-refractivity contribution >= 4 is 34.0 Å². The average Bonchev–Trinajstić information content (AvgIpc) is 3.38. The lowest BCUT2D eigenvalue weighted by Gasteiger charge is -2.39. The molecular formula is C30H38N8O2. The first-order valence-corrected chi connectivity index (χ1v) is 13.8. The molecule has 0 bridgehead atoms. The van der Waals surface area contributed by atoms with Crippen LogP contribution in [-0.4, -0.2) is 83.8 Å². The van der Waals surface area contributed by atoms with E-state index in [2.05, 4.69) is 44.7 Å². The number of likely N-dealkylation sites (N-methyl/N-ethyl adjacent to an activating group) is 2. The Labute approximate surface area is 235 Å². The van der Waals surface area contributed by atoms with Crippen LogP contribution in [-0.2, 0) is 0 Å². The Hall–Kier alpha value is -3.91. The van der Waals surface area contributed by atoms with Gasteiger partial charge in [0.25, 0.3) is 0 Å². The van der Waals surface area contributed by atoms with E-state index in [1.54, 1.807) is 6.08 Å². The standard InChI is InChI=1S/C30H38N8O2/c1-4-20-8-5-9-21-10-6-12-24(25(20)21)33-29(39)27-26(32)28(38-17-16-37(3)22(18-38)13-14-31)35-30(34-27)40-19-23-11-7-15-36(23)2/h4-6,8-10,12,22-23,29,33,39H,1,7,11,13,15-19,32H2,2-3H3/t22-,23-,29?/m0/s1. The van der Waals surface area contributed by atoms with Crippen molar-refractivity contribution in [3.63, 3.8) is 0 Å². The van der Waals surface area contributed by atoms with Crippen LogP contribution in [0.3, 0.4) is 0 Å². The van der Waals surface area contributed by atoms with Crippen LogP contribution >= 0.6 is 0 Å². The predicted molar refractivity (Wildman–Crippen MR) is 159 cm³/mol. The van der Waals surface area contributed by atoms with Crippen molar-refractivity contribution < 1.29 is 9.84 Å². The molecule has 2 fully saturated rings. The summed E-state index contributed by atoms with van der Waals surface area (Å²) in [6.45, 7) is 7.47. The summed E-state index contributed by atoms with van der Waals surface area (Å²) in [5.41, 5.74) is 8.91. The number of nitrogens with two attached hydrogens (primary N) is 1. The zero-order chi connectivity index (χ0) is 28.2. The molecule has 0 spiro atoms. The Morgan fingerprint density at radius 3 is 2.67 bits per heavy atom. The first kappa shape index (κ1) is 27.6. The van der Waals surface area contributed by atoms with E-state index in [1.165, 1.54) is 0 Å². The number of piperazine rings is 1. The molecule has 0 aliphatic carbocycles. The smallest absolute Gasteiger partial charge is 0.318 e. The third-order valence-electron chi connectivity index (χ3n) is 8.12. The van der Waals surface area contributed by atoms with Crippen molar-refractivity contribution in [3.8, 4) is 12.1 Å². The van der Waals surface area contributed by atoms with Gasteiger partial charge in [-0.3, -0.25) is 4.90 Å². The van der Waals surface area contributed by atoms with Crippen LogP contribution in [0.15, 0.2) is 43.0 Å². The molecule has 0 radical (unpaired) electrons. The fraction of sp³-hybridized carbons (Fsp3) is 0.433. The maximum atomic E-state index is 11.5. The van der Waals surface area contributed by atoms with E-state index in [1.807, 2.05) is 43.4 Å². The van der Waals surface area contributed by atoms with Gasteiger partial charge in [-0.2, -0.15) is 15.2 Å². The summed E-state index contributed by atoms with van der Waals surface area (Å²) in [5, 5.41) is 26.0. The van der Waals surface area contributed by atoms with E-state index in [9.17, 15) is 10.4 Å². The molecule has 2 aliphatic rings. The molecular weight excluding hydrogens is 504 g/mol. The molecule has 4 N–H and O–H groups in total. The topological polar surface area (TPSA) is 127 Å². The summed E-state index contributed by atoms with van der Waals surface area (Å²) in [7, 11) is 4.12. The fourth-order valence-corrected chi connectivity index (χ4v) is 5.67. The minimum Gasteiger partial charge on any atom is -0.462 e. The summed E-state index contributed by atoms with van der Waals surface area (Å²) >= 11 is 0. The second kappa shape index (κ2) is 12.1. The SMILES string of the molecule is C=Cc1cccc2cccc(NC(O)c3nc(OC[C@@H]4CCCN4C)nc(N4CCN(C)[C@@H](CC#N)C4)c3N)c12. The zero-order valence-electron chi connectivity index (χ0n) is 23.3. The van der Waals surface area contributed by atoms with Crippen LogP contribution < -0.4 is 20.7 Å². The first-order chi connectivity index (χ1) is 19.4. The second-order valence-electron chi connectivity index (χ2n) is 10.7.